The highest BCUT2D eigenvalue weighted by atomic mass is 32.1. The Balaban J connectivity index is 4.74. The summed E-state index contributed by atoms with van der Waals surface area (Å²) in [5.41, 5.74) is 5.16. The lowest BCUT2D eigenvalue weighted by molar-refractivity contribution is 0.891. The molecule has 0 bridgehead atoms. The Bertz CT molecular complexity index is 397. The van der Waals surface area contributed by atoms with E-state index >= 15 is 0 Å². The fourth-order valence-electron chi connectivity index (χ4n) is 1.60. The van der Waals surface area contributed by atoms with Crippen LogP contribution in [0.25, 0.3) is 0 Å². The molecule has 0 fully saturated rings. The first-order valence-electron chi connectivity index (χ1n) is 6.33. The van der Waals surface area contributed by atoms with E-state index in [0.717, 1.165) is 24.0 Å². The normalized spacial score (nSPS) is 13.7. The highest BCUT2D eigenvalue weighted by molar-refractivity contribution is 7.83. The molecule has 0 heterocycles. The molecule has 0 spiro atoms. The molecule has 100 valence electrons. The summed E-state index contributed by atoms with van der Waals surface area (Å²) < 4.78 is 0. The van der Waals surface area contributed by atoms with Crippen LogP contribution in [0.2, 0.25) is 0 Å². The van der Waals surface area contributed by atoms with Crippen molar-refractivity contribution in [3.8, 4) is 0 Å². The third-order valence-electron chi connectivity index (χ3n) is 2.89. The molecule has 0 aromatic carbocycles. The number of rotatable bonds is 7. The summed E-state index contributed by atoms with van der Waals surface area (Å²) in [4.78, 5) is 0. The lowest BCUT2D eigenvalue weighted by Gasteiger charge is -2.07. The Hall–Kier alpha value is -1.02. The maximum absolute atomic E-state index is 8.05. The average molecular weight is 263 g/mol. The first kappa shape index (κ1) is 17.0. The second-order valence-corrected chi connectivity index (χ2v) is 4.96. The summed E-state index contributed by atoms with van der Waals surface area (Å²) in [5.74, 6) is 0. The Morgan fingerprint density at radius 3 is 2.33 bits per heavy atom. The number of hydrogen-bond donors (Lipinski definition) is 2. The summed E-state index contributed by atoms with van der Waals surface area (Å²) in [6.45, 7) is 12.2. The third kappa shape index (κ3) is 6.65. The third-order valence-corrected chi connectivity index (χ3v) is 3.03. The van der Waals surface area contributed by atoms with Crippen LogP contribution in [0, 0.1) is 5.41 Å². The Kier molecular flexibility index (Phi) is 8.47. The highest BCUT2D eigenvalue weighted by Gasteiger charge is 2.03. The number of thiol groups is 1. The second-order valence-electron chi connectivity index (χ2n) is 4.66. The van der Waals surface area contributed by atoms with Crippen molar-refractivity contribution in [1.29, 1.82) is 5.41 Å². The molecular formula is C16H25NS. The molecule has 1 N–H and O–H groups in total. The van der Waals surface area contributed by atoms with Crippen LogP contribution in [0.5, 0.6) is 0 Å². The Morgan fingerprint density at radius 1 is 1.22 bits per heavy atom. The van der Waals surface area contributed by atoms with E-state index in [1.807, 2.05) is 19.9 Å². The molecule has 0 aliphatic carbocycles. The lowest BCUT2D eigenvalue weighted by atomic mass is 9.99. The van der Waals surface area contributed by atoms with Crippen LogP contribution in [0.1, 0.15) is 47.0 Å². The van der Waals surface area contributed by atoms with E-state index in [1.54, 1.807) is 5.41 Å². The molecule has 0 saturated heterocycles. The largest absolute Gasteiger partial charge is 0.305 e. The van der Waals surface area contributed by atoms with Gasteiger partial charge in [-0.2, -0.15) is 12.6 Å². The van der Waals surface area contributed by atoms with Gasteiger partial charge in [0, 0.05) is 12.1 Å². The van der Waals surface area contributed by atoms with E-state index in [-0.39, 0.29) is 0 Å². The van der Waals surface area contributed by atoms with Crippen molar-refractivity contribution in [3.63, 3.8) is 0 Å². The van der Waals surface area contributed by atoms with Crippen molar-refractivity contribution in [2.24, 2.45) is 0 Å². The number of allylic oxidation sites excluding steroid dienone is 6. The fourth-order valence-corrected chi connectivity index (χ4v) is 1.82. The minimum absolute atomic E-state index is 0.662. The van der Waals surface area contributed by atoms with E-state index in [2.05, 4.69) is 39.1 Å². The molecule has 1 nitrogen and oxygen atoms in total. The lowest BCUT2D eigenvalue weighted by Crippen LogP contribution is -2.00. The molecular weight excluding hydrogens is 238 g/mol. The summed E-state index contributed by atoms with van der Waals surface area (Å²) in [6, 6.07) is 0. The van der Waals surface area contributed by atoms with Gasteiger partial charge in [0.2, 0.25) is 0 Å². The molecule has 0 aliphatic rings. The maximum Gasteiger partial charge on any atom is 0.0383 e. The molecule has 0 radical (unpaired) electrons. The van der Waals surface area contributed by atoms with Crippen LogP contribution in [-0.2, 0) is 0 Å². The smallest absolute Gasteiger partial charge is 0.0383 e. The first-order chi connectivity index (χ1) is 8.42. The fraction of sp³-hybridized carbons (Fsp3) is 0.438. The van der Waals surface area contributed by atoms with Crippen molar-refractivity contribution < 1.29 is 0 Å². The minimum atomic E-state index is 0.662. The highest BCUT2D eigenvalue weighted by Crippen LogP contribution is 2.15. The van der Waals surface area contributed by atoms with E-state index in [9.17, 15) is 0 Å². The SMILES string of the molecule is C=C(CCC)CC(=N)/C(C)=C/C(C)=C(C)/C=C\S. The summed E-state index contributed by atoms with van der Waals surface area (Å²) in [7, 11) is 0. The van der Waals surface area contributed by atoms with Crippen LogP contribution < -0.4 is 0 Å². The topological polar surface area (TPSA) is 23.9 Å². The predicted molar refractivity (Wildman–Crippen MR) is 86.6 cm³/mol. The standard InChI is InChI=1S/C16H25NS/c1-6-7-12(2)10-16(17)15(5)11-14(4)13(3)8-9-18/h8-9,11,17-18H,2,6-7,10H2,1,3-5H3/b9-8-,14-13+,15-11+,17-16?. The zero-order valence-corrected chi connectivity index (χ0v) is 12.9. The zero-order valence-electron chi connectivity index (χ0n) is 12.0. The minimum Gasteiger partial charge on any atom is -0.305 e. The van der Waals surface area contributed by atoms with E-state index in [4.69, 9.17) is 5.41 Å². The van der Waals surface area contributed by atoms with E-state index < -0.39 is 0 Å². The van der Waals surface area contributed by atoms with Gasteiger partial charge in [-0.25, -0.2) is 0 Å². The van der Waals surface area contributed by atoms with Gasteiger partial charge in [-0.05, 0) is 49.3 Å². The van der Waals surface area contributed by atoms with Gasteiger partial charge in [-0.3, -0.25) is 0 Å². The molecule has 0 rings (SSSR count). The van der Waals surface area contributed by atoms with Gasteiger partial charge >= 0.3 is 0 Å². The Morgan fingerprint density at radius 2 is 1.83 bits per heavy atom. The predicted octanol–water partition coefficient (Wildman–Crippen LogP) is 5.48. The van der Waals surface area contributed by atoms with Gasteiger partial charge in [-0.1, -0.05) is 37.6 Å². The molecule has 0 aliphatic heterocycles. The number of nitrogens with one attached hydrogen (secondary N) is 1. The quantitative estimate of drug-likeness (QED) is 0.263. The number of hydrogen-bond acceptors (Lipinski definition) is 2. The van der Waals surface area contributed by atoms with Gasteiger partial charge in [0.05, 0.1) is 0 Å². The molecule has 18 heavy (non-hydrogen) atoms. The summed E-state index contributed by atoms with van der Waals surface area (Å²) in [6.07, 6.45) is 6.81. The molecule has 0 unspecified atom stereocenters. The van der Waals surface area contributed by atoms with Crippen molar-refractivity contribution in [2.45, 2.75) is 47.0 Å². The monoisotopic (exact) mass is 263 g/mol. The average Bonchev–Trinajstić information content (AvgIpc) is 2.29. The van der Waals surface area contributed by atoms with E-state index in [0.29, 0.717) is 12.1 Å². The van der Waals surface area contributed by atoms with Crippen molar-refractivity contribution >= 4 is 18.3 Å². The van der Waals surface area contributed by atoms with Crippen LogP contribution in [-0.4, -0.2) is 5.71 Å². The van der Waals surface area contributed by atoms with Crippen molar-refractivity contribution in [3.05, 3.63) is 46.4 Å². The molecule has 2 heteroatoms. The van der Waals surface area contributed by atoms with E-state index in [1.165, 1.54) is 11.1 Å². The molecule has 0 amide bonds. The van der Waals surface area contributed by atoms with Gasteiger partial charge in [0.1, 0.15) is 0 Å². The van der Waals surface area contributed by atoms with Gasteiger partial charge < -0.3 is 5.41 Å². The van der Waals surface area contributed by atoms with Crippen LogP contribution in [0.15, 0.2) is 46.4 Å². The molecule has 0 aromatic rings. The Labute approximate surface area is 117 Å². The first-order valence-corrected chi connectivity index (χ1v) is 6.85. The summed E-state index contributed by atoms with van der Waals surface area (Å²) >= 11 is 4.07. The molecule has 0 aromatic heterocycles. The van der Waals surface area contributed by atoms with Crippen LogP contribution in [0.4, 0.5) is 0 Å². The van der Waals surface area contributed by atoms with Crippen LogP contribution >= 0.6 is 12.6 Å². The van der Waals surface area contributed by atoms with Gasteiger partial charge in [-0.15, -0.1) is 0 Å². The van der Waals surface area contributed by atoms with Gasteiger partial charge in [0.15, 0.2) is 0 Å². The zero-order chi connectivity index (χ0) is 14.1. The van der Waals surface area contributed by atoms with Crippen molar-refractivity contribution in [2.75, 3.05) is 0 Å². The van der Waals surface area contributed by atoms with Gasteiger partial charge in [0.25, 0.3) is 0 Å². The maximum atomic E-state index is 8.05. The summed E-state index contributed by atoms with van der Waals surface area (Å²) in [5, 5.41) is 9.79. The molecule has 0 atom stereocenters. The second kappa shape index (κ2) is 8.98. The van der Waals surface area contributed by atoms with Crippen molar-refractivity contribution in [1.82, 2.24) is 0 Å². The molecule has 0 saturated carbocycles. The van der Waals surface area contributed by atoms with Crippen LogP contribution in [0.3, 0.4) is 0 Å².